The molecule has 1 rings (SSSR count). The van der Waals surface area contributed by atoms with Crippen molar-refractivity contribution >= 4 is 27.5 Å². The van der Waals surface area contributed by atoms with Gasteiger partial charge in [0.25, 0.3) is 0 Å². The minimum absolute atomic E-state index is 0.129. The van der Waals surface area contributed by atoms with Crippen LogP contribution in [0.5, 0.6) is 0 Å². The summed E-state index contributed by atoms with van der Waals surface area (Å²) < 4.78 is 38.1. The Morgan fingerprint density at radius 2 is 2.05 bits per heavy atom. The molecular formula is C12H14BrF3N2O. The lowest BCUT2D eigenvalue weighted by Crippen LogP contribution is -2.16. The van der Waals surface area contributed by atoms with E-state index in [9.17, 15) is 18.0 Å². The lowest BCUT2D eigenvalue weighted by Gasteiger charge is -2.11. The van der Waals surface area contributed by atoms with Gasteiger partial charge in [0, 0.05) is 10.9 Å². The van der Waals surface area contributed by atoms with Crippen LogP contribution in [0.15, 0.2) is 22.7 Å². The average Bonchev–Trinajstić information content (AvgIpc) is 2.31. The predicted molar refractivity (Wildman–Crippen MR) is 70.9 cm³/mol. The smallest absolute Gasteiger partial charge is 0.325 e. The first kappa shape index (κ1) is 16.0. The van der Waals surface area contributed by atoms with Crippen LogP contribution in [0.1, 0.15) is 18.4 Å². The first-order valence-corrected chi connectivity index (χ1v) is 6.45. The molecule has 0 aromatic heterocycles. The van der Waals surface area contributed by atoms with Crippen molar-refractivity contribution in [3.8, 4) is 0 Å². The SMILES string of the molecule is CNCCCC(=O)Nc1cc(C(F)(F)F)ccc1Br. The predicted octanol–water partition coefficient (Wildman–Crippen LogP) is 3.41. The van der Waals surface area contributed by atoms with E-state index in [1.807, 2.05) is 0 Å². The molecule has 1 aromatic rings. The Balaban J connectivity index is 2.74. The second kappa shape index (κ2) is 6.91. The van der Waals surface area contributed by atoms with Crippen molar-refractivity contribution in [2.45, 2.75) is 19.0 Å². The number of carbonyl (C=O) groups is 1. The summed E-state index contributed by atoms with van der Waals surface area (Å²) in [5, 5.41) is 5.36. The molecule has 3 nitrogen and oxygen atoms in total. The lowest BCUT2D eigenvalue weighted by molar-refractivity contribution is -0.137. The highest BCUT2D eigenvalue weighted by molar-refractivity contribution is 9.10. The highest BCUT2D eigenvalue weighted by atomic mass is 79.9. The molecule has 0 saturated heterocycles. The Morgan fingerprint density at radius 1 is 1.37 bits per heavy atom. The minimum atomic E-state index is -4.42. The Morgan fingerprint density at radius 3 is 2.63 bits per heavy atom. The van der Waals surface area contributed by atoms with E-state index in [4.69, 9.17) is 0 Å². The molecule has 0 aliphatic heterocycles. The quantitative estimate of drug-likeness (QED) is 0.808. The lowest BCUT2D eigenvalue weighted by atomic mass is 10.2. The number of nitrogens with one attached hydrogen (secondary N) is 2. The van der Waals surface area contributed by atoms with Crippen LogP contribution in [0.2, 0.25) is 0 Å². The van der Waals surface area contributed by atoms with Gasteiger partial charge < -0.3 is 10.6 Å². The minimum Gasteiger partial charge on any atom is -0.325 e. The first-order chi connectivity index (χ1) is 8.84. The monoisotopic (exact) mass is 338 g/mol. The number of hydrogen-bond acceptors (Lipinski definition) is 2. The van der Waals surface area contributed by atoms with Crippen LogP contribution in [-0.2, 0) is 11.0 Å². The molecule has 0 fully saturated rings. The topological polar surface area (TPSA) is 41.1 Å². The fourth-order valence-electron chi connectivity index (χ4n) is 1.44. The molecule has 0 spiro atoms. The van der Waals surface area contributed by atoms with E-state index in [1.165, 1.54) is 6.07 Å². The fraction of sp³-hybridized carbons (Fsp3) is 0.417. The van der Waals surface area contributed by atoms with Crippen molar-refractivity contribution in [1.29, 1.82) is 0 Å². The third-order valence-corrected chi connectivity index (χ3v) is 3.09. The van der Waals surface area contributed by atoms with Crippen LogP contribution in [-0.4, -0.2) is 19.5 Å². The Hall–Kier alpha value is -1.08. The van der Waals surface area contributed by atoms with Crippen LogP contribution in [0.25, 0.3) is 0 Å². The fourth-order valence-corrected chi connectivity index (χ4v) is 1.78. The summed E-state index contributed by atoms with van der Waals surface area (Å²) >= 11 is 3.11. The van der Waals surface area contributed by atoms with Crippen LogP contribution in [0.3, 0.4) is 0 Å². The number of hydrogen-bond donors (Lipinski definition) is 2. The zero-order valence-electron chi connectivity index (χ0n) is 10.3. The van der Waals surface area contributed by atoms with Crippen molar-refractivity contribution < 1.29 is 18.0 Å². The molecule has 1 aromatic carbocycles. The number of alkyl halides is 3. The van der Waals surface area contributed by atoms with Gasteiger partial charge in [-0.2, -0.15) is 13.2 Å². The van der Waals surface area contributed by atoms with E-state index in [2.05, 4.69) is 26.6 Å². The Bertz CT molecular complexity index is 449. The highest BCUT2D eigenvalue weighted by Gasteiger charge is 2.31. The zero-order chi connectivity index (χ0) is 14.5. The van der Waals surface area contributed by atoms with E-state index in [-0.39, 0.29) is 18.0 Å². The average molecular weight is 339 g/mol. The van der Waals surface area contributed by atoms with Crippen LogP contribution >= 0.6 is 15.9 Å². The summed E-state index contributed by atoms with van der Waals surface area (Å²) in [6.07, 6.45) is -3.55. The molecule has 2 N–H and O–H groups in total. The summed E-state index contributed by atoms with van der Waals surface area (Å²) in [5.41, 5.74) is -0.662. The van der Waals surface area contributed by atoms with Gasteiger partial charge in [0.05, 0.1) is 11.3 Å². The maximum Gasteiger partial charge on any atom is 0.416 e. The molecule has 7 heteroatoms. The van der Waals surface area contributed by atoms with E-state index >= 15 is 0 Å². The van der Waals surface area contributed by atoms with Gasteiger partial charge >= 0.3 is 6.18 Å². The molecule has 19 heavy (non-hydrogen) atoms. The van der Waals surface area contributed by atoms with Crippen LogP contribution < -0.4 is 10.6 Å². The summed E-state index contributed by atoms with van der Waals surface area (Å²) in [6.45, 7) is 0.678. The third kappa shape index (κ3) is 5.20. The molecule has 1 amide bonds. The maximum atomic E-state index is 12.5. The molecular weight excluding hydrogens is 325 g/mol. The summed E-state index contributed by atoms with van der Waals surface area (Å²) in [4.78, 5) is 11.6. The maximum absolute atomic E-state index is 12.5. The molecule has 0 unspecified atom stereocenters. The summed E-state index contributed by atoms with van der Waals surface area (Å²) in [7, 11) is 1.77. The molecule has 0 saturated carbocycles. The number of carbonyl (C=O) groups excluding carboxylic acids is 1. The van der Waals surface area contributed by atoms with Crippen molar-refractivity contribution in [3.05, 3.63) is 28.2 Å². The molecule has 0 heterocycles. The van der Waals surface area contributed by atoms with E-state index in [0.717, 1.165) is 12.1 Å². The number of anilines is 1. The number of benzene rings is 1. The van der Waals surface area contributed by atoms with Gasteiger partial charge in [0.1, 0.15) is 0 Å². The van der Waals surface area contributed by atoms with Gasteiger partial charge in [-0.1, -0.05) is 0 Å². The van der Waals surface area contributed by atoms with Gasteiger partial charge in [-0.15, -0.1) is 0 Å². The van der Waals surface area contributed by atoms with Gasteiger partial charge in [0.2, 0.25) is 5.91 Å². The second-order valence-corrected chi connectivity index (χ2v) is 4.80. The largest absolute Gasteiger partial charge is 0.416 e. The van der Waals surface area contributed by atoms with E-state index < -0.39 is 11.7 Å². The molecule has 0 radical (unpaired) electrons. The number of amides is 1. The second-order valence-electron chi connectivity index (χ2n) is 3.95. The van der Waals surface area contributed by atoms with Gasteiger partial charge in [-0.05, 0) is 54.1 Å². The van der Waals surface area contributed by atoms with Crippen molar-refractivity contribution in [3.63, 3.8) is 0 Å². The van der Waals surface area contributed by atoms with E-state index in [0.29, 0.717) is 17.4 Å². The normalized spacial score (nSPS) is 11.4. The van der Waals surface area contributed by atoms with Gasteiger partial charge in [-0.25, -0.2) is 0 Å². The van der Waals surface area contributed by atoms with Crippen molar-refractivity contribution in [1.82, 2.24) is 5.32 Å². The first-order valence-electron chi connectivity index (χ1n) is 5.66. The molecule has 0 aliphatic rings. The number of rotatable bonds is 5. The molecule has 0 bridgehead atoms. The van der Waals surface area contributed by atoms with Gasteiger partial charge in [-0.3, -0.25) is 4.79 Å². The Labute approximate surface area is 117 Å². The van der Waals surface area contributed by atoms with Crippen LogP contribution in [0, 0.1) is 0 Å². The third-order valence-electron chi connectivity index (χ3n) is 2.40. The highest BCUT2D eigenvalue weighted by Crippen LogP contribution is 2.33. The molecule has 0 atom stereocenters. The van der Waals surface area contributed by atoms with Crippen molar-refractivity contribution in [2.24, 2.45) is 0 Å². The van der Waals surface area contributed by atoms with Crippen LogP contribution in [0.4, 0.5) is 18.9 Å². The van der Waals surface area contributed by atoms with Gasteiger partial charge in [0.15, 0.2) is 0 Å². The molecule has 106 valence electrons. The number of halogens is 4. The standard InChI is InChI=1S/C12H14BrF3N2O/c1-17-6-2-3-11(19)18-10-7-8(12(14,15)16)4-5-9(10)13/h4-5,7,17H,2-3,6H2,1H3,(H,18,19). The summed E-state index contributed by atoms with van der Waals surface area (Å²) in [5.74, 6) is -0.310. The molecule has 0 aliphatic carbocycles. The Kier molecular flexibility index (Phi) is 5.81. The van der Waals surface area contributed by atoms with Crippen molar-refractivity contribution in [2.75, 3.05) is 18.9 Å². The van der Waals surface area contributed by atoms with E-state index in [1.54, 1.807) is 7.05 Å². The summed E-state index contributed by atoms with van der Waals surface area (Å²) in [6, 6.07) is 3.15. The zero-order valence-corrected chi connectivity index (χ0v) is 11.9.